The quantitative estimate of drug-likeness (QED) is 0.188. The molecule has 0 N–H and O–H groups in total. The third-order valence-corrected chi connectivity index (χ3v) is 6.98. The van der Waals surface area contributed by atoms with Gasteiger partial charge in [-0.3, -0.25) is 0 Å². The highest BCUT2D eigenvalue weighted by atomic mass is 31.2. The van der Waals surface area contributed by atoms with Gasteiger partial charge in [0.15, 0.2) is 0 Å². The van der Waals surface area contributed by atoms with Gasteiger partial charge in [0, 0.05) is 0 Å². The topological polar surface area (TPSA) is 44.8 Å². The van der Waals surface area contributed by atoms with Gasteiger partial charge >= 0.3 is 7.60 Å². The van der Waals surface area contributed by atoms with E-state index in [2.05, 4.69) is 13.0 Å². The van der Waals surface area contributed by atoms with Crippen LogP contribution >= 0.6 is 7.60 Å². The SMILES string of the molecule is CCCCCC/C(=C\c1ccc(OC)cc1)CP(=O)(Oc1ccccc1)Oc1ccccc1. The lowest BCUT2D eigenvalue weighted by Crippen LogP contribution is -2.07. The zero-order valence-corrected chi connectivity index (χ0v) is 20.4. The number of rotatable bonds is 13. The average Bonchev–Trinajstić information content (AvgIpc) is 2.83. The molecule has 0 atom stereocenters. The molecule has 0 saturated heterocycles. The fourth-order valence-corrected chi connectivity index (χ4v) is 5.33. The van der Waals surface area contributed by atoms with Crippen molar-refractivity contribution >= 4 is 13.7 Å². The van der Waals surface area contributed by atoms with Gasteiger partial charge in [-0.15, -0.1) is 0 Å². The molecule has 33 heavy (non-hydrogen) atoms. The molecule has 3 aromatic carbocycles. The van der Waals surface area contributed by atoms with E-state index in [1.165, 1.54) is 12.8 Å². The summed E-state index contributed by atoms with van der Waals surface area (Å²) in [5, 5.41) is 0. The zero-order chi connectivity index (χ0) is 23.4. The van der Waals surface area contributed by atoms with E-state index < -0.39 is 7.60 Å². The molecule has 5 heteroatoms. The summed E-state index contributed by atoms with van der Waals surface area (Å²) in [4.78, 5) is 0. The Morgan fingerprint density at radius 2 is 1.33 bits per heavy atom. The fourth-order valence-electron chi connectivity index (χ4n) is 3.53. The first-order chi connectivity index (χ1) is 16.1. The van der Waals surface area contributed by atoms with Crippen molar-refractivity contribution in [2.75, 3.05) is 13.3 Å². The smallest absolute Gasteiger partial charge is 0.434 e. The molecule has 0 aliphatic heterocycles. The highest BCUT2D eigenvalue weighted by Crippen LogP contribution is 2.50. The molecular weight excluding hydrogens is 431 g/mol. The molecule has 0 amide bonds. The number of hydrogen-bond donors (Lipinski definition) is 0. The molecule has 0 bridgehead atoms. The monoisotopic (exact) mass is 464 g/mol. The first kappa shape index (κ1) is 24.7. The third-order valence-electron chi connectivity index (χ3n) is 5.21. The Bertz CT molecular complexity index is 985. The highest BCUT2D eigenvalue weighted by molar-refractivity contribution is 7.55. The molecule has 0 spiro atoms. The van der Waals surface area contributed by atoms with Crippen LogP contribution in [0.25, 0.3) is 6.08 Å². The number of unbranched alkanes of at least 4 members (excludes halogenated alkanes) is 3. The summed E-state index contributed by atoms with van der Waals surface area (Å²) in [5.41, 5.74) is 2.08. The Morgan fingerprint density at radius 1 is 0.758 bits per heavy atom. The van der Waals surface area contributed by atoms with Gasteiger partial charge in [-0.2, -0.15) is 0 Å². The summed E-state index contributed by atoms with van der Waals surface area (Å²) in [5.74, 6) is 1.88. The van der Waals surface area contributed by atoms with Crippen LogP contribution in [0.15, 0.2) is 90.5 Å². The van der Waals surface area contributed by atoms with Crippen molar-refractivity contribution in [3.8, 4) is 17.2 Å². The van der Waals surface area contributed by atoms with Crippen molar-refractivity contribution in [1.29, 1.82) is 0 Å². The lowest BCUT2D eigenvalue weighted by Gasteiger charge is -2.21. The van der Waals surface area contributed by atoms with Crippen LogP contribution in [0.4, 0.5) is 0 Å². The number of ether oxygens (including phenoxy) is 1. The predicted octanol–water partition coefficient (Wildman–Crippen LogP) is 8.40. The van der Waals surface area contributed by atoms with Gasteiger partial charge in [-0.1, -0.05) is 86.4 Å². The molecule has 3 aromatic rings. The minimum Gasteiger partial charge on any atom is -0.497 e. The largest absolute Gasteiger partial charge is 0.497 e. The van der Waals surface area contributed by atoms with Gasteiger partial charge in [0.05, 0.1) is 13.3 Å². The molecule has 0 aliphatic rings. The maximum absolute atomic E-state index is 14.0. The second kappa shape index (κ2) is 12.9. The summed E-state index contributed by atoms with van der Waals surface area (Å²) in [6, 6.07) is 26.3. The van der Waals surface area contributed by atoms with E-state index >= 15 is 0 Å². The van der Waals surface area contributed by atoms with Gasteiger partial charge in [0.2, 0.25) is 0 Å². The van der Waals surface area contributed by atoms with Crippen LogP contribution < -0.4 is 13.8 Å². The van der Waals surface area contributed by atoms with Crippen molar-refractivity contribution in [3.05, 3.63) is 96.1 Å². The normalized spacial score (nSPS) is 11.8. The Morgan fingerprint density at radius 3 is 1.85 bits per heavy atom. The van der Waals surface area contributed by atoms with Crippen LogP contribution in [0.1, 0.15) is 44.6 Å². The first-order valence-corrected chi connectivity index (χ1v) is 13.2. The van der Waals surface area contributed by atoms with Crippen LogP contribution in [0.5, 0.6) is 17.2 Å². The van der Waals surface area contributed by atoms with Crippen LogP contribution in [0.3, 0.4) is 0 Å². The summed E-state index contributed by atoms with van der Waals surface area (Å²) in [6.45, 7) is 2.20. The lowest BCUT2D eigenvalue weighted by atomic mass is 10.0. The fraction of sp³-hybridized carbons (Fsp3) is 0.286. The molecule has 3 rings (SSSR count). The van der Waals surface area contributed by atoms with E-state index in [0.29, 0.717) is 11.5 Å². The Hall–Kier alpha value is -2.97. The van der Waals surface area contributed by atoms with Crippen molar-refractivity contribution in [2.45, 2.75) is 39.0 Å². The minimum absolute atomic E-state index is 0.217. The summed E-state index contributed by atoms with van der Waals surface area (Å²) in [6.07, 6.45) is 7.69. The number of methoxy groups -OCH3 is 1. The molecule has 0 aliphatic carbocycles. The van der Waals surface area contributed by atoms with Gasteiger partial charge < -0.3 is 13.8 Å². The molecule has 4 nitrogen and oxygen atoms in total. The van der Waals surface area contributed by atoms with E-state index in [1.807, 2.05) is 60.7 Å². The molecule has 0 saturated carbocycles. The first-order valence-electron chi connectivity index (χ1n) is 11.5. The van der Waals surface area contributed by atoms with Crippen LogP contribution in [-0.4, -0.2) is 13.3 Å². The van der Waals surface area contributed by atoms with Gasteiger partial charge in [-0.25, -0.2) is 4.57 Å². The van der Waals surface area contributed by atoms with Crippen LogP contribution in [-0.2, 0) is 4.57 Å². The van der Waals surface area contributed by atoms with Crippen LogP contribution in [0.2, 0.25) is 0 Å². The highest BCUT2D eigenvalue weighted by Gasteiger charge is 2.30. The Labute approximate surface area is 197 Å². The van der Waals surface area contributed by atoms with Gasteiger partial charge in [0.1, 0.15) is 17.2 Å². The molecule has 0 fully saturated rings. The Kier molecular flexibility index (Phi) is 9.65. The van der Waals surface area contributed by atoms with Crippen LogP contribution in [0, 0.1) is 0 Å². The maximum Gasteiger partial charge on any atom is 0.434 e. The minimum atomic E-state index is -3.52. The van der Waals surface area contributed by atoms with E-state index in [1.54, 1.807) is 31.4 Å². The maximum atomic E-state index is 14.0. The van der Waals surface area contributed by atoms with Crippen molar-refractivity contribution in [3.63, 3.8) is 0 Å². The zero-order valence-electron chi connectivity index (χ0n) is 19.5. The summed E-state index contributed by atoms with van der Waals surface area (Å²) in [7, 11) is -1.87. The standard InChI is InChI=1S/C28H33O4P/c1-3-4-5-8-13-25(22-24-18-20-26(30-2)21-19-24)23-33(29,31-27-14-9-6-10-15-27)32-28-16-11-7-12-17-28/h6-7,9-12,14-22H,3-5,8,13,23H2,1-2H3/b25-22+. The van der Waals surface area contributed by atoms with Crippen molar-refractivity contribution in [2.24, 2.45) is 0 Å². The third kappa shape index (κ3) is 8.47. The average molecular weight is 465 g/mol. The molecule has 174 valence electrons. The molecule has 0 unspecified atom stereocenters. The summed E-state index contributed by atoms with van der Waals surface area (Å²) < 4.78 is 31.3. The lowest BCUT2D eigenvalue weighted by molar-refractivity contribution is 0.388. The van der Waals surface area contributed by atoms with Gasteiger partial charge in [0.25, 0.3) is 0 Å². The van der Waals surface area contributed by atoms with E-state index in [0.717, 1.165) is 36.1 Å². The molecule has 0 heterocycles. The second-order valence-corrected chi connectivity index (χ2v) is 9.87. The van der Waals surface area contributed by atoms with Crippen molar-refractivity contribution < 1.29 is 18.3 Å². The van der Waals surface area contributed by atoms with Gasteiger partial charge in [-0.05, 0) is 54.8 Å². The van der Waals surface area contributed by atoms with E-state index in [9.17, 15) is 4.57 Å². The van der Waals surface area contributed by atoms with E-state index in [-0.39, 0.29) is 6.16 Å². The molecular formula is C28H33O4P. The number of allylic oxidation sites excluding steroid dienone is 1. The number of hydrogen-bond acceptors (Lipinski definition) is 4. The second-order valence-electron chi connectivity index (χ2n) is 7.96. The number of benzene rings is 3. The number of para-hydroxylation sites is 2. The molecule has 0 radical (unpaired) electrons. The van der Waals surface area contributed by atoms with E-state index in [4.69, 9.17) is 13.8 Å². The Balaban J connectivity index is 1.88. The predicted molar refractivity (Wildman–Crippen MR) is 136 cm³/mol. The summed E-state index contributed by atoms with van der Waals surface area (Å²) >= 11 is 0. The van der Waals surface area contributed by atoms with Crippen molar-refractivity contribution in [1.82, 2.24) is 0 Å². The molecule has 0 aromatic heterocycles.